The normalized spacial score (nSPS) is 23.3. The highest BCUT2D eigenvalue weighted by Gasteiger charge is 2.35. The second-order valence-electron chi connectivity index (χ2n) is 4.48. The number of fused-ring (bicyclic) bond motifs is 1. The largest absolute Gasteiger partial charge is 0.396 e. The summed E-state index contributed by atoms with van der Waals surface area (Å²) >= 11 is 0. The van der Waals surface area contributed by atoms with Crippen molar-refractivity contribution in [3.63, 3.8) is 0 Å². The summed E-state index contributed by atoms with van der Waals surface area (Å²) in [6.07, 6.45) is 2.34. The van der Waals surface area contributed by atoms with E-state index in [1.165, 1.54) is 0 Å². The van der Waals surface area contributed by atoms with Gasteiger partial charge in [-0.25, -0.2) is 4.98 Å². The van der Waals surface area contributed by atoms with Crippen molar-refractivity contribution in [3.05, 3.63) is 28.8 Å². The standard InChI is InChI=1S/C11H13N5O2/c1-5-6(3-17)2-7(5)16-4-13-8-9(16)14-11(12)15-10(8)18/h4,6-7,17H,1-3H2,(H3,12,14,15,18)/t6-,7-/m0/s1. The Labute approximate surface area is 102 Å². The lowest BCUT2D eigenvalue weighted by Gasteiger charge is -2.38. The molecule has 0 bridgehead atoms. The maximum absolute atomic E-state index is 11.6. The molecular weight excluding hydrogens is 234 g/mol. The van der Waals surface area contributed by atoms with Crippen LogP contribution in [-0.2, 0) is 0 Å². The molecule has 0 radical (unpaired) electrons. The minimum atomic E-state index is -0.347. The van der Waals surface area contributed by atoms with Crippen molar-refractivity contribution in [2.24, 2.45) is 5.92 Å². The Morgan fingerprint density at radius 3 is 3.11 bits per heavy atom. The Bertz CT molecular complexity index is 686. The molecule has 2 atom stereocenters. The summed E-state index contributed by atoms with van der Waals surface area (Å²) in [4.78, 5) is 22.2. The number of aromatic amines is 1. The zero-order valence-corrected chi connectivity index (χ0v) is 9.63. The lowest BCUT2D eigenvalue weighted by Crippen LogP contribution is -2.32. The Morgan fingerprint density at radius 2 is 2.44 bits per heavy atom. The van der Waals surface area contributed by atoms with E-state index in [0.717, 1.165) is 12.0 Å². The van der Waals surface area contributed by atoms with E-state index in [9.17, 15) is 4.79 Å². The smallest absolute Gasteiger partial charge is 0.280 e. The number of nitrogens with one attached hydrogen (secondary N) is 1. The molecule has 94 valence electrons. The molecule has 2 aromatic rings. The average molecular weight is 247 g/mol. The first-order valence-electron chi connectivity index (χ1n) is 5.63. The molecule has 18 heavy (non-hydrogen) atoms. The van der Waals surface area contributed by atoms with Crippen LogP contribution in [-0.4, -0.2) is 31.2 Å². The van der Waals surface area contributed by atoms with Gasteiger partial charge in [-0.1, -0.05) is 6.58 Å². The topological polar surface area (TPSA) is 110 Å². The Kier molecular flexibility index (Phi) is 2.24. The molecule has 0 amide bonds. The SMILES string of the molecule is C=C1[C@H](CO)C[C@@H]1n1cnc2c(=O)[nH]c(N)nc21. The minimum Gasteiger partial charge on any atom is -0.396 e. The molecular formula is C11H13N5O2. The number of aliphatic hydroxyl groups excluding tert-OH is 1. The van der Waals surface area contributed by atoms with E-state index in [1.807, 2.05) is 0 Å². The van der Waals surface area contributed by atoms with E-state index in [-0.39, 0.29) is 35.6 Å². The summed E-state index contributed by atoms with van der Waals surface area (Å²) in [5, 5.41) is 9.10. The molecule has 1 aliphatic rings. The third-order valence-corrected chi connectivity index (χ3v) is 3.47. The second-order valence-corrected chi connectivity index (χ2v) is 4.48. The van der Waals surface area contributed by atoms with Crippen LogP contribution in [0.15, 0.2) is 23.3 Å². The lowest BCUT2D eigenvalue weighted by atomic mass is 9.76. The number of H-pyrrole nitrogens is 1. The number of nitrogens with two attached hydrogens (primary N) is 1. The van der Waals surface area contributed by atoms with Gasteiger partial charge in [0.1, 0.15) is 0 Å². The molecule has 0 saturated heterocycles. The van der Waals surface area contributed by atoms with Crippen molar-refractivity contribution in [3.8, 4) is 0 Å². The number of nitrogen functional groups attached to an aromatic ring is 1. The van der Waals surface area contributed by atoms with Gasteiger partial charge < -0.3 is 15.4 Å². The lowest BCUT2D eigenvalue weighted by molar-refractivity contribution is 0.180. The first-order chi connectivity index (χ1) is 8.61. The van der Waals surface area contributed by atoms with Crippen LogP contribution in [0.5, 0.6) is 0 Å². The van der Waals surface area contributed by atoms with Crippen LogP contribution in [0.3, 0.4) is 0 Å². The molecule has 1 fully saturated rings. The summed E-state index contributed by atoms with van der Waals surface area (Å²) in [6, 6.07) is 0.0286. The van der Waals surface area contributed by atoms with E-state index in [4.69, 9.17) is 10.8 Å². The fourth-order valence-electron chi connectivity index (χ4n) is 2.34. The van der Waals surface area contributed by atoms with Crippen molar-refractivity contribution in [1.82, 2.24) is 19.5 Å². The summed E-state index contributed by atoms with van der Waals surface area (Å²) < 4.78 is 1.79. The molecule has 1 saturated carbocycles. The molecule has 0 unspecified atom stereocenters. The number of rotatable bonds is 2. The predicted molar refractivity (Wildman–Crippen MR) is 65.9 cm³/mol. The predicted octanol–water partition coefficient (Wildman–Crippen LogP) is -0.189. The molecule has 2 heterocycles. The summed E-state index contributed by atoms with van der Waals surface area (Å²) in [5.41, 5.74) is 6.84. The first kappa shape index (κ1) is 11.0. The van der Waals surface area contributed by atoms with Crippen LogP contribution < -0.4 is 11.3 Å². The highest BCUT2D eigenvalue weighted by molar-refractivity contribution is 5.71. The number of aromatic nitrogens is 4. The monoisotopic (exact) mass is 247 g/mol. The number of hydrogen-bond donors (Lipinski definition) is 3. The van der Waals surface area contributed by atoms with Crippen LogP contribution >= 0.6 is 0 Å². The quantitative estimate of drug-likeness (QED) is 0.637. The van der Waals surface area contributed by atoms with Crippen LogP contribution in [0.4, 0.5) is 5.95 Å². The van der Waals surface area contributed by atoms with Crippen LogP contribution in [0.1, 0.15) is 12.5 Å². The van der Waals surface area contributed by atoms with E-state index in [1.54, 1.807) is 10.9 Å². The summed E-state index contributed by atoms with van der Waals surface area (Å²) in [6.45, 7) is 4.04. The van der Waals surface area contributed by atoms with Gasteiger partial charge in [0.05, 0.1) is 12.4 Å². The van der Waals surface area contributed by atoms with Gasteiger partial charge in [-0.2, -0.15) is 4.98 Å². The van der Waals surface area contributed by atoms with Gasteiger partial charge in [-0.15, -0.1) is 0 Å². The van der Waals surface area contributed by atoms with Gasteiger partial charge in [0.15, 0.2) is 11.2 Å². The molecule has 0 spiro atoms. The molecule has 3 rings (SSSR count). The molecule has 0 aromatic carbocycles. The highest BCUT2D eigenvalue weighted by Crippen LogP contribution is 2.42. The second kappa shape index (κ2) is 3.67. The summed E-state index contributed by atoms with van der Waals surface area (Å²) in [7, 11) is 0. The first-order valence-corrected chi connectivity index (χ1v) is 5.63. The Balaban J connectivity index is 2.09. The maximum atomic E-state index is 11.6. The van der Waals surface area contributed by atoms with E-state index in [2.05, 4.69) is 21.5 Å². The van der Waals surface area contributed by atoms with Gasteiger partial charge in [0.2, 0.25) is 5.95 Å². The Hall–Kier alpha value is -2.15. The minimum absolute atomic E-state index is 0.0286. The number of nitrogens with zero attached hydrogens (tertiary/aromatic N) is 3. The van der Waals surface area contributed by atoms with Crippen molar-refractivity contribution in [1.29, 1.82) is 0 Å². The van der Waals surface area contributed by atoms with Crippen molar-refractivity contribution < 1.29 is 5.11 Å². The van der Waals surface area contributed by atoms with Crippen LogP contribution in [0.2, 0.25) is 0 Å². The third-order valence-electron chi connectivity index (χ3n) is 3.47. The van der Waals surface area contributed by atoms with Crippen LogP contribution in [0, 0.1) is 5.92 Å². The molecule has 7 heteroatoms. The molecule has 0 aliphatic heterocycles. The zero-order valence-electron chi connectivity index (χ0n) is 9.63. The molecule has 2 aromatic heterocycles. The highest BCUT2D eigenvalue weighted by atomic mass is 16.3. The van der Waals surface area contributed by atoms with Gasteiger partial charge in [0.25, 0.3) is 5.56 Å². The fourth-order valence-corrected chi connectivity index (χ4v) is 2.34. The Morgan fingerprint density at radius 1 is 1.67 bits per heavy atom. The van der Waals surface area contributed by atoms with Crippen molar-refractivity contribution >= 4 is 17.1 Å². The number of anilines is 1. The van der Waals surface area contributed by atoms with Gasteiger partial charge in [0, 0.05) is 12.5 Å². The average Bonchev–Trinajstić information content (AvgIpc) is 2.72. The fraction of sp³-hybridized carbons (Fsp3) is 0.364. The van der Waals surface area contributed by atoms with E-state index < -0.39 is 0 Å². The van der Waals surface area contributed by atoms with Gasteiger partial charge in [-0.05, 0) is 12.0 Å². The summed E-state index contributed by atoms with van der Waals surface area (Å²) in [5.74, 6) is 0.185. The number of imidazole rings is 1. The zero-order chi connectivity index (χ0) is 12.9. The molecule has 4 N–H and O–H groups in total. The van der Waals surface area contributed by atoms with Crippen LogP contribution in [0.25, 0.3) is 11.2 Å². The number of hydrogen-bond acceptors (Lipinski definition) is 5. The number of aliphatic hydroxyl groups is 1. The van der Waals surface area contributed by atoms with E-state index in [0.29, 0.717) is 5.65 Å². The van der Waals surface area contributed by atoms with Crippen molar-refractivity contribution in [2.75, 3.05) is 12.3 Å². The van der Waals surface area contributed by atoms with Crippen molar-refractivity contribution in [2.45, 2.75) is 12.5 Å². The van der Waals surface area contributed by atoms with Gasteiger partial charge >= 0.3 is 0 Å². The maximum Gasteiger partial charge on any atom is 0.280 e. The van der Waals surface area contributed by atoms with Gasteiger partial charge in [-0.3, -0.25) is 9.78 Å². The van der Waals surface area contributed by atoms with E-state index >= 15 is 0 Å². The molecule has 7 nitrogen and oxygen atoms in total. The third kappa shape index (κ3) is 1.37. The molecule has 1 aliphatic carbocycles.